The van der Waals surface area contributed by atoms with E-state index in [2.05, 4.69) is 194 Å². The van der Waals surface area contributed by atoms with Crippen molar-refractivity contribution < 1.29 is 4.42 Å². The van der Waals surface area contributed by atoms with Crippen molar-refractivity contribution >= 4 is 75.8 Å². The Morgan fingerprint density at radius 1 is 0.255 bits per heavy atom. The van der Waals surface area contributed by atoms with Crippen LogP contribution in [0.2, 0.25) is 0 Å². The Labute approximate surface area is 317 Å². The van der Waals surface area contributed by atoms with Gasteiger partial charge in [0.15, 0.2) is 0 Å². The highest BCUT2D eigenvalue weighted by molar-refractivity contribution is 6.27. The monoisotopic (exact) mass is 696 g/mol. The normalized spacial score (nSPS) is 12.0. The molecule has 1 heteroatoms. The molecule has 0 amide bonds. The van der Waals surface area contributed by atoms with Crippen molar-refractivity contribution in [1.29, 1.82) is 0 Å². The predicted molar refractivity (Wildman–Crippen MR) is 234 cm³/mol. The lowest BCUT2D eigenvalue weighted by atomic mass is 9.87. The van der Waals surface area contributed by atoms with E-state index in [1.54, 1.807) is 0 Å². The van der Waals surface area contributed by atoms with Crippen molar-refractivity contribution in [3.63, 3.8) is 0 Å². The smallest absolute Gasteiger partial charge is 0.143 e. The first-order chi connectivity index (χ1) is 27.3. The Bertz CT molecular complexity index is 3450. The second-order valence-corrected chi connectivity index (χ2v) is 14.8. The second kappa shape index (κ2) is 11.6. The third-order valence-electron chi connectivity index (χ3n) is 11.8. The minimum atomic E-state index is 0.906. The molecule has 1 nitrogen and oxygen atoms in total. The molecular formula is C54H32O. The van der Waals surface area contributed by atoms with Crippen molar-refractivity contribution in [3.05, 3.63) is 194 Å². The molecule has 0 radical (unpaired) electrons. The zero-order valence-corrected chi connectivity index (χ0v) is 29.9. The van der Waals surface area contributed by atoms with Crippen LogP contribution in [-0.2, 0) is 0 Å². The summed E-state index contributed by atoms with van der Waals surface area (Å²) >= 11 is 0. The topological polar surface area (TPSA) is 13.1 Å². The highest BCUT2D eigenvalue weighted by Gasteiger charge is 2.20. The van der Waals surface area contributed by atoms with E-state index in [1.165, 1.54) is 92.8 Å². The van der Waals surface area contributed by atoms with Gasteiger partial charge < -0.3 is 4.42 Å². The molecule has 12 aromatic rings. The number of hydrogen-bond acceptors (Lipinski definition) is 1. The summed E-state index contributed by atoms with van der Waals surface area (Å²) < 4.78 is 6.89. The Morgan fingerprint density at radius 3 is 1.49 bits per heavy atom. The molecule has 1 aromatic heterocycles. The van der Waals surface area contributed by atoms with E-state index in [9.17, 15) is 0 Å². The molecule has 11 aromatic carbocycles. The van der Waals surface area contributed by atoms with Crippen molar-refractivity contribution in [2.45, 2.75) is 0 Å². The zero-order valence-electron chi connectivity index (χ0n) is 29.9. The lowest BCUT2D eigenvalue weighted by Crippen LogP contribution is -1.89. The van der Waals surface area contributed by atoms with Crippen LogP contribution in [0.25, 0.3) is 120 Å². The molecule has 12 rings (SSSR count). The summed E-state index contributed by atoms with van der Waals surface area (Å²) in [6.07, 6.45) is 0. The van der Waals surface area contributed by atoms with Gasteiger partial charge in [0, 0.05) is 16.3 Å². The fourth-order valence-corrected chi connectivity index (χ4v) is 9.23. The molecule has 0 N–H and O–H groups in total. The third-order valence-corrected chi connectivity index (χ3v) is 11.8. The largest absolute Gasteiger partial charge is 0.455 e. The molecular weight excluding hydrogens is 665 g/mol. The minimum absolute atomic E-state index is 0.906. The van der Waals surface area contributed by atoms with Crippen molar-refractivity contribution in [3.8, 4) is 44.5 Å². The highest BCUT2D eigenvalue weighted by atomic mass is 16.3. The lowest BCUT2D eigenvalue weighted by molar-refractivity contribution is 0.670. The molecule has 0 aliphatic carbocycles. The molecule has 55 heavy (non-hydrogen) atoms. The van der Waals surface area contributed by atoms with Gasteiger partial charge in [0.05, 0.1) is 0 Å². The number of fused-ring (bicyclic) bond motifs is 5. The van der Waals surface area contributed by atoms with Gasteiger partial charge in [-0.2, -0.15) is 0 Å². The summed E-state index contributed by atoms with van der Waals surface area (Å²) in [4.78, 5) is 0. The maximum absolute atomic E-state index is 6.89. The van der Waals surface area contributed by atoms with Crippen molar-refractivity contribution in [2.75, 3.05) is 0 Å². The first kappa shape index (κ1) is 30.3. The molecule has 0 aliphatic rings. The molecule has 0 saturated heterocycles. The summed E-state index contributed by atoms with van der Waals surface area (Å²) in [5.41, 5.74) is 11.4. The Balaban J connectivity index is 1.04. The standard InChI is InChI=1S/C54H32O/c1-2-9-33(10-3-1)42-25-21-37-24-28-47-43(26-22-38-23-27-46(42)51(37)52(38)47)35-17-19-36(20-18-35)44-29-30-48(45-16-8-14-34-11-6-7-15-41(34)45)54-53(44)49-31-39-12-4-5-13-40(39)32-50(49)55-54/h1-32H. The van der Waals surface area contributed by atoms with E-state index >= 15 is 0 Å². The lowest BCUT2D eigenvalue weighted by Gasteiger charge is -2.17. The van der Waals surface area contributed by atoms with Crippen LogP contribution in [0.4, 0.5) is 0 Å². The third kappa shape index (κ3) is 4.54. The Morgan fingerprint density at radius 2 is 0.782 bits per heavy atom. The molecule has 0 bridgehead atoms. The summed E-state index contributed by atoms with van der Waals surface area (Å²) in [5.74, 6) is 0. The number of benzene rings is 11. The zero-order chi connectivity index (χ0) is 36.0. The second-order valence-electron chi connectivity index (χ2n) is 14.8. The molecule has 0 atom stereocenters. The van der Waals surface area contributed by atoms with Gasteiger partial charge in [-0.1, -0.05) is 176 Å². The van der Waals surface area contributed by atoms with Gasteiger partial charge in [-0.3, -0.25) is 0 Å². The molecule has 0 unspecified atom stereocenters. The first-order valence-electron chi connectivity index (χ1n) is 19.0. The Hall–Kier alpha value is -7.22. The van der Waals surface area contributed by atoms with Crippen LogP contribution >= 0.6 is 0 Å². The average Bonchev–Trinajstić information content (AvgIpc) is 3.63. The molecule has 1 heterocycles. The number of furan rings is 1. The van der Waals surface area contributed by atoms with E-state index in [1.807, 2.05) is 0 Å². The van der Waals surface area contributed by atoms with Crippen LogP contribution in [0.3, 0.4) is 0 Å². The van der Waals surface area contributed by atoms with Crippen LogP contribution in [0.15, 0.2) is 199 Å². The van der Waals surface area contributed by atoms with Crippen molar-refractivity contribution in [2.24, 2.45) is 0 Å². The Kier molecular flexibility index (Phi) is 6.40. The van der Waals surface area contributed by atoms with E-state index in [-0.39, 0.29) is 0 Å². The van der Waals surface area contributed by atoms with Gasteiger partial charge in [0.25, 0.3) is 0 Å². The maximum Gasteiger partial charge on any atom is 0.143 e. The van der Waals surface area contributed by atoms with E-state index < -0.39 is 0 Å². The van der Waals surface area contributed by atoms with Gasteiger partial charge >= 0.3 is 0 Å². The summed E-state index contributed by atoms with van der Waals surface area (Å²) in [5, 5.41) is 14.9. The van der Waals surface area contributed by atoms with Gasteiger partial charge in [0.2, 0.25) is 0 Å². The average molecular weight is 697 g/mol. The number of rotatable bonds is 4. The van der Waals surface area contributed by atoms with Gasteiger partial charge in [-0.05, 0) is 111 Å². The first-order valence-corrected chi connectivity index (χ1v) is 19.0. The fraction of sp³-hybridized carbons (Fsp3) is 0. The predicted octanol–water partition coefficient (Wildman–Crippen LogP) is 15.5. The van der Waals surface area contributed by atoms with Crippen LogP contribution in [0, 0.1) is 0 Å². The SMILES string of the molecule is c1ccc(-c2ccc3ccc4c(-c5ccc(-c6ccc(-c7cccc8ccccc78)c7oc8cc9ccccc9cc8c67)cc5)ccc5ccc2c3c54)cc1. The molecule has 254 valence electrons. The fourth-order valence-electron chi connectivity index (χ4n) is 9.23. The van der Waals surface area contributed by atoms with Crippen LogP contribution in [0.5, 0.6) is 0 Å². The minimum Gasteiger partial charge on any atom is -0.455 e. The summed E-state index contributed by atoms with van der Waals surface area (Å²) in [6, 6.07) is 71.0. The van der Waals surface area contributed by atoms with E-state index in [4.69, 9.17) is 4.42 Å². The maximum atomic E-state index is 6.89. The van der Waals surface area contributed by atoms with Crippen LogP contribution < -0.4 is 0 Å². The number of hydrogen-bond donors (Lipinski definition) is 0. The molecule has 0 spiro atoms. The van der Waals surface area contributed by atoms with Gasteiger partial charge in [-0.15, -0.1) is 0 Å². The molecule has 0 aliphatic heterocycles. The molecule has 0 saturated carbocycles. The van der Waals surface area contributed by atoms with E-state index in [0.29, 0.717) is 0 Å². The summed E-state index contributed by atoms with van der Waals surface area (Å²) in [6.45, 7) is 0. The van der Waals surface area contributed by atoms with Gasteiger partial charge in [-0.25, -0.2) is 0 Å². The quantitative estimate of drug-likeness (QED) is 0.167. The van der Waals surface area contributed by atoms with Crippen molar-refractivity contribution in [1.82, 2.24) is 0 Å². The van der Waals surface area contributed by atoms with E-state index in [0.717, 1.165) is 27.5 Å². The van der Waals surface area contributed by atoms with Gasteiger partial charge in [0.1, 0.15) is 11.2 Å². The van der Waals surface area contributed by atoms with Crippen LogP contribution in [0.1, 0.15) is 0 Å². The van der Waals surface area contributed by atoms with Crippen LogP contribution in [-0.4, -0.2) is 0 Å². The highest BCUT2D eigenvalue weighted by Crippen LogP contribution is 2.46. The summed E-state index contributed by atoms with van der Waals surface area (Å²) in [7, 11) is 0. The molecule has 0 fully saturated rings.